The van der Waals surface area contributed by atoms with Crippen molar-refractivity contribution in [2.75, 3.05) is 27.3 Å². The lowest BCUT2D eigenvalue weighted by Gasteiger charge is -2.30. The lowest BCUT2D eigenvalue weighted by Crippen LogP contribution is -2.43. The molecule has 0 bridgehead atoms. The molecule has 0 radical (unpaired) electrons. The van der Waals surface area contributed by atoms with Crippen LogP contribution in [0.15, 0.2) is 81.9 Å². The summed E-state index contributed by atoms with van der Waals surface area (Å²) in [5.41, 5.74) is 3.14. The quantitative estimate of drug-likeness (QED) is 0.301. The van der Waals surface area contributed by atoms with Gasteiger partial charge in [0, 0.05) is 41.3 Å². The van der Waals surface area contributed by atoms with Gasteiger partial charge < -0.3 is 18.9 Å². The van der Waals surface area contributed by atoms with E-state index in [0.29, 0.717) is 55.8 Å². The van der Waals surface area contributed by atoms with Crippen LogP contribution in [0.2, 0.25) is 5.02 Å². The van der Waals surface area contributed by atoms with Crippen LogP contribution in [0.3, 0.4) is 0 Å². The van der Waals surface area contributed by atoms with Crippen LogP contribution in [-0.4, -0.2) is 47.3 Å². The molecule has 0 saturated heterocycles. The number of hydrogen-bond donors (Lipinski definition) is 0. The SMILES string of the molecule is CCN(CC)C(=O)C1=C(C)N=c2s/c(=C/c3cccn3-c3ccc(Cl)cc3)c(=O)n2[C@@H]1c1cc(OC)ccc1OC. The summed E-state index contributed by atoms with van der Waals surface area (Å²) in [5, 5.41) is 0.647. The normalized spacial score (nSPS) is 15.0. The molecule has 4 aromatic rings. The van der Waals surface area contributed by atoms with Gasteiger partial charge in [-0.15, -0.1) is 0 Å². The first-order valence-corrected chi connectivity index (χ1v) is 14.5. The highest BCUT2D eigenvalue weighted by molar-refractivity contribution is 7.07. The van der Waals surface area contributed by atoms with Gasteiger partial charge in [0.1, 0.15) is 17.5 Å². The highest BCUT2D eigenvalue weighted by Crippen LogP contribution is 2.38. The molecule has 0 unspecified atom stereocenters. The predicted octanol–water partition coefficient (Wildman–Crippen LogP) is 4.56. The number of aromatic nitrogens is 2. The number of carbonyl (C=O) groups is 1. The number of benzene rings is 2. The largest absolute Gasteiger partial charge is 0.497 e. The van der Waals surface area contributed by atoms with Crippen LogP contribution in [-0.2, 0) is 4.79 Å². The minimum atomic E-state index is -0.755. The van der Waals surface area contributed by atoms with Crippen LogP contribution < -0.4 is 24.4 Å². The van der Waals surface area contributed by atoms with Crippen molar-refractivity contribution in [2.24, 2.45) is 4.99 Å². The van der Waals surface area contributed by atoms with Crippen molar-refractivity contribution in [2.45, 2.75) is 26.8 Å². The number of amides is 1. The van der Waals surface area contributed by atoms with E-state index in [9.17, 15) is 9.59 Å². The average molecular weight is 591 g/mol. The number of fused-ring (bicyclic) bond motifs is 1. The summed E-state index contributed by atoms with van der Waals surface area (Å²) >= 11 is 7.38. The third-order valence-electron chi connectivity index (χ3n) is 7.20. The number of methoxy groups -OCH3 is 2. The number of likely N-dealkylation sites (N-methyl/N-ethyl adjacent to an activating group) is 1. The van der Waals surface area contributed by atoms with Crippen molar-refractivity contribution < 1.29 is 14.3 Å². The Bertz CT molecular complexity index is 1810. The van der Waals surface area contributed by atoms with Crippen LogP contribution in [0, 0.1) is 0 Å². The number of halogens is 1. The number of hydrogen-bond acceptors (Lipinski definition) is 6. The maximum atomic E-state index is 14.2. The van der Waals surface area contributed by atoms with Gasteiger partial charge in [-0.25, -0.2) is 4.99 Å². The molecular weight excluding hydrogens is 560 g/mol. The number of rotatable bonds is 8. The van der Waals surface area contributed by atoms with E-state index in [1.54, 1.807) is 35.8 Å². The van der Waals surface area contributed by atoms with Crippen LogP contribution in [0.25, 0.3) is 11.8 Å². The molecule has 0 saturated carbocycles. The highest BCUT2D eigenvalue weighted by atomic mass is 35.5. The fraction of sp³-hybridized carbons (Fsp3) is 0.258. The first-order chi connectivity index (χ1) is 19.8. The Morgan fingerprint density at radius 2 is 1.83 bits per heavy atom. The monoisotopic (exact) mass is 590 g/mol. The van der Waals surface area contributed by atoms with Crippen molar-refractivity contribution in [3.63, 3.8) is 0 Å². The van der Waals surface area contributed by atoms with Crippen LogP contribution >= 0.6 is 22.9 Å². The van der Waals surface area contributed by atoms with Crippen LogP contribution in [0.5, 0.6) is 11.5 Å². The van der Waals surface area contributed by atoms with Gasteiger partial charge in [-0.05, 0) is 81.4 Å². The number of thiazole rings is 1. The Morgan fingerprint density at radius 1 is 1.10 bits per heavy atom. The summed E-state index contributed by atoms with van der Waals surface area (Å²) in [7, 11) is 3.15. The van der Waals surface area contributed by atoms with Gasteiger partial charge in [0.25, 0.3) is 11.5 Å². The van der Waals surface area contributed by atoms with Gasteiger partial charge >= 0.3 is 0 Å². The third kappa shape index (κ3) is 5.23. The molecule has 0 N–H and O–H groups in total. The summed E-state index contributed by atoms with van der Waals surface area (Å²) < 4.78 is 15.3. The summed E-state index contributed by atoms with van der Waals surface area (Å²) in [6.45, 7) is 6.74. The smallest absolute Gasteiger partial charge is 0.271 e. The number of ether oxygens (including phenoxy) is 2. The minimum Gasteiger partial charge on any atom is -0.497 e. The van der Waals surface area contributed by atoms with Crippen LogP contribution in [0.4, 0.5) is 0 Å². The lowest BCUT2D eigenvalue weighted by molar-refractivity contribution is -0.127. The Balaban J connectivity index is 1.75. The van der Waals surface area contributed by atoms with Crippen molar-refractivity contribution in [3.8, 4) is 17.2 Å². The van der Waals surface area contributed by atoms with E-state index in [4.69, 9.17) is 26.1 Å². The molecule has 0 spiro atoms. The van der Waals surface area contributed by atoms with E-state index in [2.05, 4.69) is 0 Å². The average Bonchev–Trinajstić information content (AvgIpc) is 3.56. The van der Waals surface area contributed by atoms with Crippen molar-refractivity contribution in [3.05, 3.63) is 108 Å². The zero-order chi connectivity index (χ0) is 29.3. The second kappa shape index (κ2) is 11.8. The number of allylic oxidation sites excluding steroid dienone is 1. The molecule has 10 heteroatoms. The summed E-state index contributed by atoms with van der Waals surface area (Å²) in [4.78, 5) is 35.1. The number of nitrogens with zero attached hydrogens (tertiary/aromatic N) is 4. The van der Waals surface area contributed by atoms with Gasteiger partial charge in [-0.2, -0.15) is 0 Å². The van der Waals surface area contributed by atoms with E-state index >= 15 is 0 Å². The lowest BCUT2D eigenvalue weighted by atomic mass is 9.93. The van der Waals surface area contributed by atoms with Gasteiger partial charge in [0.2, 0.25) is 0 Å². The summed E-state index contributed by atoms with van der Waals surface area (Å²) in [5.74, 6) is 0.964. The van der Waals surface area contributed by atoms with Gasteiger partial charge in [-0.3, -0.25) is 14.2 Å². The zero-order valence-electron chi connectivity index (χ0n) is 23.6. The topological polar surface area (TPSA) is 78.1 Å². The molecular formula is C31H31ClN4O4S. The fourth-order valence-corrected chi connectivity index (χ4v) is 6.26. The molecule has 0 aliphatic carbocycles. The zero-order valence-corrected chi connectivity index (χ0v) is 25.1. The molecule has 1 aliphatic rings. The Kier molecular flexibility index (Phi) is 8.19. The van der Waals surface area contributed by atoms with Gasteiger partial charge in [-0.1, -0.05) is 22.9 Å². The molecule has 41 heavy (non-hydrogen) atoms. The van der Waals surface area contributed by atoms with Crippen molar-refractivity contribution in [1.82, 2.24) is 14.0 Å². The van der Waals surface area contributed by atoms with E-state index in [0.717, 1.165) is 11.4 Å². The van der Waals surface area contributed by atoms with Crippen molar-refractivity contribution in [1.29, 1.82) is 0 Å². The molecule has 2 aromatic heterocycles. The first-order valence-electron chi connectivity index (χ1n) is 13.3. The molecule has 212 valence electrons. The molecule has 1 atom stereocenters. The molecule has 3 heterocycles. The molecule has 0 fully saturated rings. The van der Waals surface area contributed by atoms with Crippen LogP contribution in [0.1, 0.15) is 38.1 Å². The highest BCUT2D eigenvalue weighted by Gasteiger charge is 2.36. The van der Waals surface area contributed by atoms with E-state index in [-0.39, 0.29) is 11.5 Å². The predicted molar refractivity (Wildman–Crippen MR) is 162 cm³/mol. The molecule has 2 aromatic carbocycles. The standard InChI is InChI=1S/C31H31ClN4O4S/c1-6-34(7-2)30(38)27-19(3)33-31-36(28(27)24-18-23(39-4)14-15-25(24)40-5)29(37)26(41-31)17-22-9-8-16-35(22)21-12-10-20(32)11-13-21/h8-18,28H,6-7H2,1-5H3/b26-17+/t28-/m1/s1. The van der Waals surface area contributed by atoms with E-state index in [1.807, 2.05) is 80.1 Å². The van der Waals surface area contributed by atoms with E-state index in [1.165, 1.54) is 11.3 Å². The first kappa shape index (κ1) is 28.4. The summed E-state index contributed by atoms with van der Waals surface area (Å²) in [6, 6.07) is 16.0. The van der Waals surface area contributed by atoms with E-state index < -0.39 is 6.04 Å². The molecule has 5 rings (SSSR count). The second-order valence-electron chi connectivity index (χ2n) is 9.45. The number of carbonyl (C=O) groups excluding carboxylic acids is 1. The minimum absolute atomic E-state index is 0.169. The molecule has 1 amide bonds. The Morgan fingerprint density at radius 3 is 2.49 bits per heavy atom. The maximum absolute atomic E-state index is 14.2. The Hall–Kier alpha value is -4.08. The van der Waals surface area contributed by atoms with Gasteiger partial charge in [0.15, 0.2) is 4.80 Å². The second-order valence-corrected chi connectivity index (χ2v) is 10.9. The van der Waals surface area contributed by atoms with Gasteiger partial charge in [0.05, 0.1) is 30.0 Å². The molecule has 1 aliphatic heterocycles. The van der Waals surface area contributed by atoms with Crippen molar-refractivity contribution >= 4 is 34.9 Å². The molecule has 8 nitrogen and oxygen atoms in total. The fourth-order valence-electron chi connectivity index (χ4n) is 5.11. The third-order valence-corrected chi connectivity index (χ3v) is 8.43. The summed E-state index contributed by atoms with van der Waals surface area (Å²) in [6.07, 6.45) is 3.78. The maximum Gasteiger partial charge on any atom is 0.271 e. The Labute approximate surface area is 247 Å².